The van der Waals surface area contributed by atoms with Crippen molar-refractivity contribution in [1.29, 1.82) is 0 Å². The number of hydrogen-bond acceptors (Lipinski definition) is 4. The van der Waals surface area contributed by atoms with Crippen LogP contribution in [0.1, 0.15) is 24.0 Å². The molecule has 0 saturated carbocycles. The summed E-state index contributed by atoms with van der Waals surface area (Å²) in [4.78, 5) is 25.0. The van der Waals surface area contributed by atoms with Gasteiger partial charge in [-0.15, -0.1) is 0 Å². The van der Waals surface area contributed by atoms with Gasteiger partial charge < -0.3 is 24.8 Å². The van der Waals surface area contributed by atoms with E-state index in [0.29, 0.717) is 50.6 Å². The van der Waals surface area contributed by atoms with Gasteiger partial charge in [0.1, 0.15) is 6.61 Å². The lowest BCUT2D eigenvalue weighted by Gasteiger charge is -2.30. The Balaban J connectivity index is 1.52. The standard InChI is InChI=1S/C22H26N2O5/c1-28-20-13-17(7-8-19(20)29-15-16-5-3-2-4-6-16)14-23-22(27)24-11-9-18(10-12-24)21(25)26/h2-8,13,18H,9-12,14-15H2,1H3,(H,23,27)(H,25,26). The van der Waals surface area contributed by atoms with Gasteiger partial charge in [-0.05, 0) is 36.1 Å². The van der Waals surface area contributed by atoms with E-state index in [-0.39, 0.29) is 11.9 Å². The molecular weight excluding hydrogens is 372 g/mol. The van der Waals surface area contributed by atoms with Crippen molar-refractivity contribution in [3.63, 3.8) is 0 Å². The molecule has 29 heavy (non-hydrogen) atoms. The second-order valence-electron chi connectivity index (χ2n) is 7.02. The molecule has 2 N–H and O–H groups in total. The average Bonchev–Trinajstić information content (AvgIpc) is 2.77. The van der Waals surface area contributed by atoms with Gasteiger partial charge in [-0.3, -0.25) is 4.79 Å². The molecule has 1 heterocycles. The summed E-state index contributed by atoms with van der Waals surface area (Å²) < 4.78 is 11.3. The van der Waals surface area contributed by atoms with Crippen molar-refractivity contribution < 1.29 is 24.2 Å². The lowest BCUT2D eigenvalue weighted by atomic mass is 9.97. The fourth-order valence-corrected chi connectivity index (χ4v) is 3.30. The Bertz CT molecular complexity index is 832. The molecule has 3 rings (SSSR count). The number of aliphatic carboxylic acids is 1. The maximum Gasteiger partial charge on any atom is 0.317 e. The zero-order valence-electron chi connectivity index (χ0n) is 16.5. The fourth-order valence-electron chi connectivity index (χ4n) is 3.30. The number of carboxylic acids is 1. The van der Waals surface area contributed by atoms with Crippen molar-refractivity contribution >= 4 is 12.0 Å². The van der Waals surface area contributed by atoms with E-state index < -0.39 is 5.97 Å². The summed E-state index contributed by atoms with van der Waals surface area (Å²) in [6, 6.07) is 15.3. The highest BCUT2D eigenvalue weighted by atomic mass is 16.5. The first-order chi connectivity index (χ1) is 14.1. The highest BCUT2D eigenvalue weighted by molar-refractivity contribution is 5.75. The summed E-state index contributed by atoms with van der Waals surface area (Å²) in [5.74, 6) is 0.107. The largest absolute Gasteiger partial charge is 0.493 e. The van der Waals surface area contributed by atoms with Gasteiger partial charge in [-0.2, -0.15) is 0 Å². The Hall–Kier alpha value is -3.22. The molecule has 2 amide bonds. The van der Waals surface area contributed by atoms with Crippen LogP contribution in [-0.4, -0.2) is 42.2 Å². The SMILES string of the molecule is COc1cc(CNC(=O)N2CCC(C(=O)O)CC2)ccc1OCc1ccccc1. The highest BCUT2D eigenvalue weighted by Crippen LogP contribution is 2.29. The summed E-state index contributed by atoms with van der Waals surface area (Å²) in [5, 5.41) is 11.9. The van der Waals surface area contributed by atoms with E-state index in [0.717, 1.165) is 11.1 Å². The van der Waals surface area contributed by atoms with Crippen molar-refractivity contribution in [2.24, 2.45) is 5.92 Å². The first kappa shape index (κ1) is 20.5. The van der Waals surface area contributed by atoms with Gasteiger partial charge in [0.15, 0.2) is 11.5 Å². The van der Waals surface area contributed by atoms with Crippen molar-refractivity contribution in [2.75, 3.05) is 20.2 Å². The molecule has 2 aromatic rings. The number of carbonyl (C=O) groups is 2. The highest BCUT2D eigenvalue weighted by Gasteiger charge is 2.26. The molecule has 0 bridgehead atoms. The smallest absolute Gasteiger partial charge is 0.317 e. The Morgan fingerprint density at radius 1 is 1.07 bits per heavy atom. The number of likely N-dealkylation sites (tertiary alicyclic amines) is 1. The molecular formula is C22H26N2O5. The number of carbonyl (C=O) groups excluding carboxylic acids is 1. The van der Waals surface area contributed by atoms with E-state index in [1.807, 2.05) is 48.5 Å². The van der Waals surface area contributed by atoms with Crippen LogP contribution in [0.15, 0.2) is 48.5 Å². The van der Waals surface area contributed by atoms with Gasteiger partial charge in [-0.1, -0.05) is 36.4 Å². The molecule has 1 aliphatic heterocycles. The minimum Gasteiger partial charge on any atom is -0.493 e. The van der Waals surface area contributed by atoms with Gasteiger partial charge in [0.25, 0.3) is 0 Å². The van der Waals surface area contributed by atoms with Crippen LogP contribution in [0.5, 0.6) is 11.5 Å². The summed E-state index contributed by atoms with van der Waals surface area (Å²) in [6.07, 6.45) is 0.980. The van der Waals surface area contributed by atoms with Gasteiger partial charge in [0.2, 0.25) is 0 Å². The van der Waals surface area contributed by atoms with Crippen LogP contribution < -0.4 is 14.8 Å². The molecule has 0 aliphatic carbocycles. The average molecular weight is 398 g/mol. The second-order valence-corrected chi connectivity index (χ2v) is 7.02. The van der Waals surface area contributed by atoms with Crippen molar-refractivity contribution in [2.45, 2.75) is 26.0 Å². The van der Waals surface area contributed by atoms with Crippen LogP contribution in [0.3, 0.4) is 0 Å². The topological polar surface area (TPSA) is 88.1 Å². The predicted octanol–water partition coefficient (Wildman–Crippen LogP) is 3.28. The van der Waals surface area contributed by atoms with Crippen molar-refractivity contribution in [1.82, 2.24) is 10.2 Å². The monoisotopic (exact) mass is 398 g/mol. The van der Waals surface area contributed by atoms with Crippen LogP contribution in [0, 0.1) is 5.92 Å². The fraction of sp³-hybridized carbons (Fsp3) is 0.364. The summed E-state index contributed by atoms with van der Waals surface area (Å²) in [6.45, 7) is 1.71. The van der Waals surface area contributed by atoms with E-state index in [9.17, 15) is 9.59 Å². The number of carboxylic acid groups (broad SMARTS) is 1. The summed E-state index contributed by atoms with van der Waals surface area (Å²) in [7, 11) is 1.58. The van der Waals surface area contributed by atoms with E-state index in [4.69, 9.17) is 14.6 Å². The number of methoxy groups -OCH3 is 1. The van der Waals surface area contributed by atoms with Crippen LogP contribution in [0.25, 0.3) is 0 Å². The Labute approximate surface area is 170 Å². The number of piperidine rings is 1. The van der Waals surface area contributed by atoms with Crippen LogP contribution in [0.4, 0.5) is 4.79 Å². The molecule has 0 spiro atoms. The maximum atomic E-state index is 12.3. The number of benzene rings is 2. The number of nitrogens with zero attached hydrogens (tertiary/aromatic N) is 1. The number of rotatable bonds is 7. The van der Waals surface area contributed by atoms with Crippen LogP contribution >= 0.6 is 0 Å². The van der Waals surface area contributed by atoms with E-state index in [2.05, 4.69) is 5.32 Å². The lowest BCUT2D eigenvalue weighted by Crippen LogP contribution is -2.45. The predicted molar refractivity (Wildman–Crippen MR) is 108 cm³/mol. The molecule has 0 radical (unpaired) electrons. The zero-order valence-corrected chi connectivity index (χ0v) is 16.5. The van der Waals surface area contributed by atoms with E-state index in [1.54, 1.807) is 12.0 Å². The number of ether oxygens (including phenoxy) is 2. The van der Waals surface area contributed by atoms with Crippen molar-refractivity contribution in [3.8, 4) is 11.5 Å². The minimum absolute atomic E-state index is 0.183. The Morgan fingerprint density at radius 2 is 1.79 bits per heavy atom. The normalized spacial score (nSPS) is 14.3. The molecule has 1 saturated heterocycles. The quantitative estimate of drug-likeness (QED) is 0.747. The lowest BCUT2D eigenvalue weighted by molar-refractivity contribution is -0.143. The first-order valence-electron chi connectivity index (χ1n) is 9.66. The molecule has 154 valence electrons. The third-order valence-electron chi connectivity index (χ3n) is 5.04. The third-order valence-corrected chi connectivity index (χ3v) is 5.04. The number of hydrogen-bond donors (Lipinski definition) is 2. The molecule has 1 aliphatic rings. The molecule has 0 aromatic heterocycles. The minimum atomic E-state index is -0.785. The molecule has 7 nitrogen and oxygen atoms in total. The van der Waals surface area contributed by atoms with Gasteiger partial charge >= 0.3 is 12.0 Å². The van der Waals surface area contributed by atoms with Gasteiger partial charge in [-0.25, -0.2) is 4.79 Å². The second kappa shape index (κ2) is 9.82. The van der Waals surface area contributed by atoms with E-state index >= 15 is 0 Å². The van der Waals surface area contributed by atoms with Crippen LogP contribution in [0.2, 0.25) is 0 Å². The molecule has 7 heteroatoms. The first-order valence-corrected chi connectivity index (χ1v) is 9.66. The Morgan fingerprint density at radius 3 is 2.45 bits per heavy atom. The zero-order chi connectivity index (χ0) is 20.6. The molecule has 0 unspecified atom stereocenters. The molecule has 2 aromatic carbocycles. The Kier molecular flexibility index (Phi) is 6.94. The maximum absolute atomic E-state index is 12.3. The number of amides is 2. The van der Waals surface area contributed by atoms with Gasteiger partial charge in [0.05, 0.1) is 13.0 Å². The molecule has 0 atom stereocenters. The number of urea groups is 1. The van der Waals surface area contributed by atoms with E-state index in [1.165, 1.54) is 0 Å². The van der Waals surface area contributed by atoms with Crippen LogP contribution in [-0.2, 0) is 17.9 Å². The number of nitrogens with one attached hydrogen (secondary N) is 1. The summed E-state index contributed by atoms with van der Waals surface area (Å²) >= 11 is 0. The third kappa shape index (κ3) is 5.63. The summed E-state index contributed by atoms with van der Waals surface area (Å²) in [5.41, 5.74) is 1.96. The van der Waals surface area contributed by atoms with Crippen molar-refractivity contribution in [3.05, 3.63) is 59.7 Å². The molecule has 1 fully saturated rings. The van der Waals surface area contributed by atoms with Gasteiger partial charge in [0, 0.05) is 19.6 Å².